The number of hydrogen-bond acceptors (Lipinski definition) is 3. The number of carbonyl (C=O) groups is 1. The fraction of sp³-hybridized carbons (Fsp3) is 0.538. The van der Waals surface area contributed by atoms with E-state index in [9.17, 15) is 4.79 Å². The van der Waals surface area contributed by atoms with E-state index in [0.717, 1.165) is 11.3 Å². The zero-order chi connectivity index (χ0) is 12.8. The monoisotopic (exact) mass is 250 g/mol. The minimum Gasteiger partial charge on any atom is -0.348 e. The van der Waals surface area contributed by atoms with Gasteiger partial charge < -0.3 is 5.32 Å². The first-order chi connectivity index (χ1) is 8.08. The van der Waals surface area contributed by atoms with Crippen LogP contribution >= 0.6 is 11.3 Å². The molecule has 2 atom stereocenters. The predicted molar refractivity (Wildman–Crippen MR) is 69.6 cm³/mol. The second kappa shape index (κ2) is 6.41. The molecule has 2 unspecified atom stereocenters. The largest absolute Gasteiger partial charge is 0.348 e. The molecule has 0 saturated carbocycles. The second-order valence-electron chi connectivity index (χ2n) is 4.15. The summed E-state index contributed by atoms with van der Waals surface area (Å²) in [6.07, 6.45) is 1.47. The van der Waals surface area contributed by atoms with Crippen LogP contribution in [0, 0.1) is 24.2 Å². The van der Waals surface area contributed by atoms with Gasteiger partial charge in [0.25, 0.3) is 0 Å². The molecule has 0 bridgehead atoms. The van der Waals surface area contributed by atoms with Crippen molar-refractivity contribution in [3.8, 4) is 6.07 Å². The molecule has 1 aromatic heterocycles. The van der Waals surface area contributed by atoms with Gasteiger partial charge in [-0.3, -0.25) is 4.79 Å². The molecular weight excluding hydrogens is 232 g/mol. The molecular formula is C13H18N2OS. The van der Waals surface area contributed by atoms with Crippen LogP contribution in [0.1, 0.15) is 42.5 Å². The van der Waals surface area contributed by atoms with Crippen LogP contribution in [-0.4, -0.2) is 5.91 Å². The lowest BCUT2D eigenvalue weighted by molar-refractivity contribution is -0.124. The third-order valence-corrected chi connectivity index (χ3v) is 3.78. The molecule has 0 aliphatic heterocycles. The Labute approximate surface area is 106 Å². The molecule has 0 aliphatic rings. The predicted octanol–water partition coefficient (Wildman–Crippen LogP) is 3.17. The average molecular weight is 250 g/mol. The lowest BCUT2D eigenvalue weighted by atomic mass is 10.0. The number of thiophene rings is 1. The number of amides is 1. The first-order valence-electron chi connectivity index (χ1n) is 5.84. The average Bonchev–Trinajstić information content (AvgIpc) is 2.72. The van der Waals surface area contributed by atoms with Crippen LogP contribution in [0.25, 0.3) is 0 Å². The van der Waals surface area contributed by atoms with Gasteiger partial charge in [0.2, 0.25) is 5.91 Å². The summed E-state index contributed by atoms with van der Waals surface area (Å²) in [4.78, 5) is 14.2. The summed E-state index contributed by atoms with van der Waals surface area (Å²) in [6.45, 7) is 5.96. The van der Waals surface area contributed by atoms with Gasteiger partial charge in [-0.1, -0.05) is 13.3 Å². The summed E-state index contributed by atoms with van der Waals surface area (Å²) in [5.41, 5.74) is 0. The highest BCUT2D eigenvalue weighted by atomic mass is 32.1. The first-order valence-corrected chi connectivity index (χ1v) is 6.66. The molecule has 0 radical (unpaired) electrons. The van der Waals surface area contributed by atoms with Crippen molar-refractivity contribution < 1.29 is 4.79 Å². The first kappa shape index (κ1) is 13.7. The summed E-state index contributed by atoms with van der Waals surface area (Å²) in [6, 6.07) is 6.09. The van der Waals surface area contributed by atoms with Crippen molar-refractivity contribution in [3.05, 3.63) is 21.9 Å². The van der Waals surface area contributed by atoms with Gasteiger partial charge in [-0.15, -0.1) is 11.3 Å². The van der Waals surface area contributed by atoms with Gasteiger partial charge in [0.15, 0.2) is 0 Å². The molecule has 1 amide bonds. The van der Waals surface area contributed by atoms with Gasteiger partial charge in [0.1, 0.15) is 5.92 Å². The minimum absolute atomic E-state index is 0.0195. The molecule has 0 fully saturated rings. The Bertz CT molecular complexity index is 419. The van der Waals surface area contributed by atoms with E-state index in [1.165, 1.54) is 4.88 Å². The fourth-order valence-electron chi connectivity index (χ4n) is 1.61. The molecule has 92 valence electrons. The van der Waals surface area contributed by atoms with Gasteiger partial charge in [-0.25, -0.2) is 0 Å². The van der Waals surface area contributed by atoms with Gasteiger partial charge >= 0.3 is 0 Å². The molecule has 3 nitrogen and oxygen atoms in total. The number of carbonyl (C=O) groups excluding carboxylic acids is 1. The quantitative estimate of drug-likeness (QED) is 0.872. The van der Waals surface area contributed by atoms with Crippen molar-refractivity contribution in [3.63, 3.8) is 0 Å². The summed E-state index contributed by atoms with van der Waals surface area (Å²) in [7, 11) is 0. The molecule has 4 heteroatoms. The maximum absolute atomic E-state index is 11.8. The Morgan fingerprint density at radius 1 is 1.59 bits per heavy atom. The SMILES string of the molecule is CCCC(C#N)C(=O)NC(C)c1ccc(C)s1. The maximum atomic E-state index is 11.8. The molecule has 1 heterocycles. The lowest BCUT2D eigenvalue weighted by Crippen LogP contribution is -2.31. The molecule has 0 aliphatic carbocycles. The second-order valence-corrected chi connectivity index (χ2v) is 5.47. The molecule has 1 aromatic rings. The van der Waals surface area contributed by atoms with E-state index in [4.69, 9.17) is 5.26 Å². The Morgan fingerprint density at radius 3 is 2.76 bits per heavy atom. The minimum atomic E-state index is -0.525. The van der Waals surface area contributed by atoms with E-state index >= 15 is 0 Å². The number of hydrogen-bond donors (Lipinski definition) is 1. The molecule has 1 rings (SSSR count). The van der Waals surface area contributed by atoms with E-state index in [1.54, 1.807) is 11.3 Å². The highest BCUT2D eigenvalue weighted by molar-refractivity contribution is 7.12. The van der Waals surface area contributed by atoms with Crippen LogP contribution in [0.15, 0.2) is 12.1 Å². The number of rotatable bonds is 5. The van der Waals surface area contributed by atoms with Crippen LogP contribution in [0.4, 0.5) is 0 Å². The third-order valence-electron chi connectivity index (χ3n) is 2.60. The van der Waals surface area contributed by atoms with Crippen molar-refractivity contribution in [2.24, 2.45) is 5.92 Å². The molecule has 1 N–H and O–H groups in total. The molecule has 0 aromatic carbocycles. The molecule has 0 spiro atoms. The summed E-state index contributed by atoms with van der Waals surface area (Å²) >= 11 is 1.67. The van der Waals surface area contributed by atoms with Gasteiger partial charge in [-0.2, -0.15) is 5.26 Å². The number of nitrogens with zero attached hydrogens (tertiary/aromatic N) is 1. The van der Waals surface area contributed by atoms with Crippen molar-refractivity contribution in [2.45, 2.75) is 39.7 Å². The van der Waals surface area contributed by atoms with Gasteiger partial charge in [0.05, 0.1) is 12.1 Å². The van der Waals surface area contributed by atoms with Crippen LogP contribution in [0.5, 0.6) is 0 Å². The Kier molecular flexibility index (Phi) is 5.17. The number of nitriles is 1. The standard InChI is InChI=1S/C13H18N2OS/c1-4-5-11(8-14)13(16)15-10(3)12-7-6-9(2)17-12/h6-7,10-11H,4-5H2,1-3H3,(H,15,16). The Hall–Kier alpha value is -1.34. The molecule has 0 saturated heterocycles. The van der Waals surface area contributed by atoms with E-state index in [-0.39, 0.29) is 11.9 Å². The number of aryl methyl sites for hydroxylation is 1. The van der Waals surface area contributed by atoms with Crippen molar-refractivity contribution in [2.75, 3.05) is 0 Å². The lowest BCUT2D eigenvalue weighted by Gasteiger charge is -2.14. The highest BCUT2D eigenvalue weighted by Crippen LogP contribution is 2.22. The maximum Gasteiger partial charge on any atom is 0.237 e. The molecule has 17 heavy (non-hydrogen) atoms. The van der Waals surface area contributed by atoms with E-state index in [2.05, 4.69) is 11.4 Å². The zero-order valence-corrected chi connectivity index (χ0v) is 11.3. The van der Waals surface area contributed by atoms with E-state index < -0.39 is 5.92 Å². The van der Waals surface area contributed by atoms with Gasteiger partial charge in [-0.05, 0) is 32.4 Å². The van der Waals surface area contributed by atoms with Crippen molar-refractivity contribution in [1.29, 1.82) is 5.26 Å². The van der Waals surface area contributed by atoms with Crippen LogP contribution in [0.3, 0.4) is 0 Å². The normalized spacial score (nSPS) is 13.8. The topological polar surface area (TPSA) is 52.9 Å². The summed E-state index contributed by atoms with van der Waals surface area (Å²) in [5.74, 6) is -0.684. The van der Waals surface area contributed by atoms with E-state index in [1.807, 2.05) is 32.9 Å². The summed E-state index contributed by atoms with van der Waals surface area (Å²) in [5, 5.41) is 11.8. The third kappa shape index (κ3) is 3.86. The van der Waals surface area contributed by atoms with Crippen molar-refractivity contribution in [1.82, 2.24) is 5.32 Å². The van der Waals surface area contributed by atoms with Crippen LogP contribution in [-0.2, 0) is 4.79 Å². The Balaban J connectivity index is 2.59. The van der Waals surface area contributed by atoms with Crippen molar-refractivity contribution >= 4 is 17.2 Å². The zero-order valence-electron chi connectivity index (χ0n) is 10.5. The van der Waals surface area contributed by atoms with E-state index in [0.29, 0.717) is 6.42 Å². The number of nitrogens with one attached hydrogen (secondary N) is 1. The van der Waals surface area contributed by atoms with Crippen LogP contribution in [0.2, 0.25) is 0 Å². The van der Waals surface area contributed by atoms with Gasteiger partial charge in [0, 0.05) is 9.75 Å². The fourth-order valence-corrected chi connectivity index (χ4v) is 2.49. The Morgan fingerprint density at radius 2 is 2.29 bits per heavy atom. The summed E-state index contributed by atoms with van der Waals surface area (Å²) < 4.78 is 0. The smallest absolute Gasteiger partial charge is 0.237 e. The highest BCUT2D eigenvalue weighted by Gasteiger charge is 2.19. The van der Waals surface area contributed by atoms with Crippen LogP contribution < -0.4 is 5.32 Å².